The molecule has 2 aliphatic rings. The zero-order valence-corrected chi connectivity index (χ0v) is 19.7. The summed E-state index contributed by atoms with van der Waals surface area (Å²) in [5.74, 6) is 2.83. The molecule has 0 bridgehead atoms. The zero-order valence-electron chi connectivity index (χ0n) is 17.4. The Morgan fingerprint density at radius 3 is 2.75 bits per heavy atom. The van der Waals surface area contributed by atoms with E-state index in [9.17, 15) is 0 Å². The van der Waals surface area contributed by atoms with Gasteiger partial charge in [-0.05, 0) is 19.8 Å². The van der Waals surface area contributed by atoms with Crippen molar-refractivity contribution in [2.24, 2.45) is 4.99 Å². The van der Waals surface area contributed by atoms with Gasteiger partial charge in [0.1, 0.15) is 0 Å². The molecular formula is C19H35IN6O2. The largest absolute Gasteiger partial charge is 0.379 e. The van der Waals surface area contributed by atoms with Crippen LogP contribution in [-0.4, -0.2) is 84.4 Å². The topological polar surface area (TPSA) is 79.0 Å². The first kappa shape index (κ1) is 23.3. The third-order valence-corrected chi connectivity index (χ3v) is 5.17. The molecule has 0 saturated carbocycles. The van der Waals surface area contributed by atoms with Crippen LogP contribution in [0, 0.1) is 0 Å². The predicted molar refractivity (Wildman–Crippen MR) is 120 cm³/mol. The second-order valence-electron chi connectivity index (χ2n) is 7.58. The predicted octanol–water partition coefficient (Wildman–Crippen LogP) is 2.12. The number of aromatic nitrogens is 2. The Labute approximate surface area is 185 Å². The lowest BCUT2D eigenvalue weighted by Gasteiger charge is -2.32. The Bertz CT molecular complexity index is 603. The number of nitrogens with zero attached hydrogens (tertiary/aromatic N) is 5. The molecule has 1 unspecified atom stereocenters. The zero-order chi connectivity index (χ0) is 19.1. The number of ether oxygens (including phenoxy) is 1. The van der Waals surface area contributed by atoms with Crippen molar-refractivity contribution in [2.45, 2.75) is 52.0 Å². The Morgan fingerprint density at radius 1 is 1.29 bits per heavy atom. The lowest BCUT2D eigenvalue weighted by Crippen LogP contribution is -2.46. The van der Waals surface area contributed by atoms with E-state index in [1.807, 2.05) is 0 Å². The molecule has 160 valence electrons. The molecule has 1 atom stereocenters. The van der Waals surface area contributed by atoms with Crippen LogP contribution in [-0.2, 0) is 11.2 Å². The molecule has 8 nitrogen and oxygen atoms in total. The number of halogens is 1. The van der Waals surface area contributed by atoms with E-state index in [4.69, 9.17) is 14.3 Å². The maximum Gasteiger partial charge on any atom is 0.226 e. The van der Waals surface area contributed by atoms with E-state index in [1.54, 1.807) is 0 Å². The highest BCUT2D eigenvalue weighted by Gasteiger charge is 2.30. The average molecular weight is 506 g/mol. The van der Waals surface area contributed by atoms with Gasteiger partial charge in [-0.25, -0.2) is 0 Å². The van der Waals surface area contributed by atoms with E-state index in [-0.39, 0.29) is 24.0 Å². The van der Waals surface area contributed by atoms with Crippen LogP contribution in [0.25, 0.3) is 0 Å². The van der Waals surface area contributed by atoms with Gasteiger partial charge in [0, 0.05) is 57.6 Å². The summed E-state index contributed by atoms with van der Waals surface area (Å²) in [5, 5.41) is 7.47. The lowest BCUT2D eigenvalue weighted by molar-refractivity contribution is 0.0195. The Balaban J connectivity index is 0.00000280. The molecule has 2 aliphatic heterocycles. The summed E-state index contributed by atoms with van der Waals surface area (Å²) in [7, 11) is 0. The molecule has 1 aromatic heterocycles. The number of guanidine groups is 1. The molecule has 3 rings (SSSR count). The van der Waals surface area contributed by atoms with Crippen molar-refractivity contribution in [1.29, 1.82) is 0 Å². The number of likely N-dealkylation sites (tertiary alicyclic amines) is 1. The average Bonchev–Trinajstić information content (AvgIpc) is 3.35. The maximum atomic E-state index is 5.48. The Kier molecular flexibility index (Phi) is 9.93. The first-order valence-electron chi connectivity index (χ1n) is 10.3. The molecule has 1 N–H and O–H groups in total. The molecule has 0 spiro atoms. The van der Waals surface area contributed by atoms with Crippen LogP contribution >= 0.6 is 24.0 Å². The highest BCUT2D eigenvalue weighted by Crippen LogP contribution is 2.17. The van der Waals surface area contributed by atoms with E-state index in [2.05, 4.69) is 46.0 Å². The lowest BCUT2D eigenvalue weighted by atomic mass is 10.2. The van der Waals surface area contributed by atoms with Gasteiger partial charge in [-0.2, -0.15) is 4.98 Å². The van der Waals surface area contributed by atoms with E-state index in [0.29, 0.717) is 17.9 Å². The number of aliphatic imine (C=N–C) groups is 1. The van der Waals surface area contributed by atoms with E-state index >= 15 is 0 Å². The molecule has 0 radical (unpaired) electrons. The first-order valence-corrected chi connectivity index (χ1v) is 10.3. The second-order valence-corrected chi connectivity index (χ2v) is 7.58. The van der Waals surface area contributed by atoms with Crippen molar-refractivity contribution in [3.8, 4) is 0 Å². The van der Waals surface area contributed by atoms with Crippen molar-refractivity contribution in [3.63, 3.8) is 0 Å². The minimum atomic E-state index is 0. The van der Waals surface area contributed by atoms with E-state index < -0.39 is 0 Å². The standard InChI is InChI=1S/C19H34N6O2.HI/c1-4-20-19(21-8-5-6-17-22-18(15(2)3)23-27-17)25-9-7-16(14-25)24-10-12-26-13-11-24;/h15-16H,4-14H2,1-3H3,(H,20,21);1H. The van der Waals surface area contributed by atoms with Gasteiger partial charge >= 0.3 is 0 Å². The van der Waals surface area contributed by atoms with Gasteiger partial charge in [0.15, 0.2) is 11.8 Å². The molecule has 0 aromatic carbocycles. The summed E-state index contributed by atoms with van der Waals surface area (Å²) < 4.78 is 10.8. The second kappa shape index (κ2) is 11.9. The summed E-state index contributed by atoms with van der Waals surface area (Å²) in [6, 6.07) is 0.616. The fourth-order valence-corrected chi connectivity index (χ4v) is 3.62. The van der Waals surface area contributed by atoms with Crippen LogP contribution in [0.15, 0.2) is 9.52 Å². The Morgan fingerprint density at radius 2 is 2.07 bits per heavy atom. The quantitative estimate of drug-likeness (QED) is 0.263. The summed E-state index contributed by atoms with van der Waals surface area (Å²) in [6.07, 6.45) is 2.89. The molecule has 9 heteroatoms. The number of morpholine rings is 1. The maximum absolute atomic E-state index is 5.48. The van der Waals surface area contributed by atoms with Gasteiger partial charge in [0.25, 0.3) is 0 Å². The number of hydrogen-bond acceptors (Lipinski definition) is 6. The molecule has 1 aromatic rings. The molecule has 2 fully saturated rings. The third kappa shape index (κ3) is 6.55. The van der Waals surface area contributed by atoms with Crippen molar-refractivity contribution >= 4 is 29.9 Å². The van der Waals surface area contributed by atoms with E-state index in [0.717, 1.165) is 77.1 Å². The first-order chi connectivity index (χ1) is 13.2. The summed E-state index contributed by atoms with van der Waals surface area (Å²) in [6.45, 7) is 13.9. The van der Waals surface area contributed by atoms with Crippen molar-refractivity contribution in [1.82, 2.24) is 25.3 Å². The van der Waals surface area contributed by atoms with Crippen molar-refractivity contribution in [3.05, 3.63) is 11.7 Å². The number of rotatable bonds is 7. The van der Waals surface area contributed by atoms with Crippen LogP contribution in [0.5, 0.6) is 0 Å². The van der Waals surface area contributed by atoms with Crippen LogP contribution in [0.2, 0.25) is 0 Å². The van der Waals surface area contributed by atoms with Gasteiger partial charge in [0.2, 0.25) is 5.89 Å². The van der Waals surface area contributed by atoms with Crippen LogP contribution in [0.1, 0.15) is 51.2 Å². The summed E-state index contributed by atoms with van der Waals surface area (Å²) >= 11 is 0. The molecule has 3 heterocycles. The van der Waals surface area contributed by atoms with Crippen LogP contribution < -0.4 is 5.32 Å². The van der Waals surface area contributed by atoms with Crippen molar-refractivity contribution in [2.75, 3.05) is 52.5 Å². The third-order valence-electron chi connectivity index (χ3n) is 5.17. The molecule has 0 aliphatic carbocycles. The smallest absolute Gasteiger partial charge is 0.226 e. The van der Waals surface area contributed by atoms with Crippen LogP contribution in [0.3, 0.4) is 0 Å². The van der Waals surface area contributed by atoms with E-state index in [1.165, 1.54) is 6.42 Å². The van der Waals surface area contributed by atoms with Gasteiger partial charge in [0.05, 0.1) is 13.2 Å². The number of aryl methyl sites for hydroxylation is 1. The summed E-state index contributed by atoms with van der Waals surface area (Å²) in [5.41, 5.74) is 0. The minimum Gasteiger partial charge on any atom is -0.379 e. The minimum absolute atomic E-state index is 0. The van der Waals surface area contributed by atoms with Gasteiger partial charge in [-0.3, -0.25) is 9.89 Å². The molecule has 2 saturated heterocycles. The van der Waals surface area contributed by atoms with Gasteiger partial charge in [-0.1, -0.05) is 19.0 Å². The number of nitrogens with one attached hydrogen (secondary N) is 1. The fraction of sp³-hybridized carbons (Fsp3) is 0.842. The normalized spacial score (nSPS) is 21.2. The SMILES string of the molecule is CCNC(=NCCCc1nc(C(C)C)no1)N1CCC(N2CCOCC2)C1.I. The monoisotopic (exact) mass is 506 g/mol. The Hall–Kier alpha value is -0.940. The molecular weight excluding hydrogens is 471 g/mol. The fourth-order valence-electron chi connectivity index (χ4n) is 3.62. The number of hydrogen-bond donors (Lipinski definition) is 1. The highest BCUT2D eigenvalue weighted by atomic mass is 127. The molecule has 0 amide bonds. The molecule has 28 heavy (non-hydrogen) atoms. The highest BCUT2D eigenvalue weighted by molar-refractivity contribution is 14.0. The summed E-state index contributed by atoms with van der Waals surface area (Å²) in [4.78, 5) is 14.2. The van der Waals surface area contributed by atoms with Crippen LogP contribution in [0.4, 0.5) is 0 Å². The van der Waals surface area contributed by atoms with Crippen molar-refractivity contribution < 1.29 is 9.26 Å². The van der Waals surface area contributed by atoms with Gasteiger partial charge < -0.3 is 19.5 Å². The van der Waals surface area contributed by atoms with Gasteiger partial charge in [-0.15, -0.1) is 24.0 Å².